The van der Waals surface area contributed by atoms with Gasteiger partial charge >= 0.3 is 0 Å². The molecule has 0 spiro atoms. The van der Waals surface area contributed by atoms with Crippen molar-refractivity contribution in [1.82, 2.24) is 0 Å². The summed E-state index contributed by atoms with van der Waals surface area (Å²) in [6, 6.07) is 8.41. The first kappa shape index (κ1) is 5.54. The van der Waals surface area contributed by atoms with Crippen molar-refractivity contribution in [3.8, 4) is 0 Å². The zero-order valence-corrected chi connectivity index (χ0v) is 5.67. The molecule has 0 radical (unpaired) electrons. The Labute approximate surface area is 60.4 Å². The Bertz CT molecular complexity index is 246. The predicted octanol–water partition coefficient (Wildman–Crippen LogP) is 2.13. The van der Waals surface area contributed by atoms with Crippen LogP contribution in [0.15, 0.2) is 30.3 Å². The maximum Gasteiger partial charge on any atom is 0.0343 e. The number of hydrogen-bond donors (Lipinski definition) is 1. The summed E-state index contributed by atoms with van der Waals surface area (Å²) in [5, 5.41) is 3.25. The summed E-state index contributed by atoms with van der Waals surface area (Å²) in [6.45, 7) is 0.938. The van der Waals surface area contributed by atoms with Gasteiger partial charge in [-0.15, -0.1) is 0 Å². The van der Waals surface area contributed by atoms with E-state index in [0.717, 1.165) is 6.54 Å². The lowest BCUT2D eigenvalue weighted by Gasteiger charge is -2.06. The Morgan fingerprint density at radius 3 is 2.70 bits per heavy atom. The normalized spacial score (nSPS) is 14.0. The van der Waals surface area contributed by atoms with E-state index >= 15 is 0 Å². The highest BCUT2D eigenvalue weighted by Gasteiger charge is 1.92. The summed E-state index contributed by atoms with van der Waals surface area (Å²) >= 11 is 0. The number of hydrogen-bond acceptors (Lipinski definition) is 1. The zero-order chi connectivity index (χ0) is 6.81. The van der Waals surface area contributed by atoms with Crippen LogP contribution in [-0.4, -0.2) is 6.54 Å². The third-order valence-corrected chi connectivity index (χ3v) is 1.65. The van der Waals surface area contributed by atoms with Crippen LogP contribution in [0.2, 0.25) is 0 Å². The van der Waals surface area contributed by atoms with Crippen LogP contribution in [0.4, 0.5) is 5.69 Å². The van der Waals surface area contributed by atoms with Gasteiger partial charge in [0, 0.05) is 12.2 Å². The molecule has 0 aliphatic carbocycles. The molecule has 2 aliphatic rings. The first-order valence-corrected chi connectivity index (χ1v) is 3.46. The second kappa shape index (κ2) is 2.18. The monoisotopic (exact) mass is 131 g/mol. The van der Waals surface area contributed by atoms with Crippen LogP contribution < -0.4 is 5.32 Å². The van der Waals surface area contributed by atoms with E-state index < -0.39 is 0 Å². The van der Waals surface area contributed by atoms with Gasteiger partial charge in [0.15, 0.2) is 0 Å². The molecular formula is C9H9N. The number of benzene rings is 1. The standard InChI is InChI=1S/C9H9N/c1-2-8-3-5-9(6-4-8)10-7-1/h1-6,10H,7H2. The van der Waals surface area contributed by atoms with Gasteiger partial charge in [0.1, 0.15) is 0 Å². The molecule has 1 aromatic rings. The molecule has 0 amide bonds. The topological polar surface area (TPSA) is 12.0 Å². The van der Waals surface area contributed by atoms with E-state index in [1.165, 1.54) is 11.3 Å². The van der Waals surface area contributed by atoms with Gasteiger partial charge in [-0.25, -0.2) is 0 Å². The Kier molecular flexibility index (Phi) is 1.21. The van der Waals surface area contributed by atoms with E-state index in [-0.39, 0.29) is 0 Å². The molecule has 0 atom stereocenters. The van der Waals surface area contributed by atoms with Crippen molar-refractivity contribution < 1.29 is 0 Å². The van der Waals surface area contributed by atoms with Crippen LogP contribution in [0.5, 0.6) is 0 Å². The minimum Gasteiger partial charge on any atom is -0.382 e. The lowest BCUT2D eigenvalue weighted by atomic mass is 10.1. The molecule has 0 fully saturated rings. The quantitative estimate of drug-likeness (QED) is 0.568. The molecule has 1 nitrogen and oxygen atoms in total. The molecule has 2 heterocycles. The van der Waals surface area contributed by atoms with Crippen molar-refractivity contribution in [2.75, 3.05) is 11.9 Å². The van der Waals surface area contributed by atoms with E-state index in [9.17, 15) is 0 Å². The fourth-order valence-corrected chi connectivity index (χ4v) is 1.08. The summed E-state index contributed by atoms with van der Waals surface area (Å²) in [7, 11) is 0. The number of fused-ring (bicyclic) bond motifs is 4. The Morgan fingerprint density at radius 2 is 1.90 bits per heavy atom. The fourth-order valence-electron chi connectivity index (χ4n) is 1.08. The molecule has 1 N–H and O–H groups in total. The smallest absolute Gasteiger partial charge is 0.0343 e. The summed E-state index contributed by atoms with van der Waals surface area (Å²) < 4.78 is 0. The molecule has 3 rings (SSSR count). The molecule has 0 unspecified atom stereocenters. The third-order valence-electron chi connectivity index (χ3n) is 1.65. The van der Waals surface area contributed by atoms with Crippen molar-refractivity contribution in [2.24, 2.45) is 0 Å². The van der Waals surface area contributed by atoms with Gasteiger partial charge in [0.2, 0.25) is 0 Å². The van der Waals surface area contributed by atoms with Crippen molar-refractivity contribution >= 4 is 11.8 Å². The first-order chi connectivity index (χ1) is 4.95. The largest absolute Gasteiger partial charge is 0.382 e. The molecule has 0 saturated heterocycles. The van der Waals surface area contributed by atoms with Gasteiger partial charge in [-0.05, 0) is 17.7 Å². The minimum absolute atomic E-state index is 0.938. The molecule has 0 saturated carbocycles. The fraction of sp³-hybridized carbons (Fsp3) is 0.111. The Balaban J connectivity index is 2.53. The van der Waals surface area contributed by atoms with Crippen LogP contribution >= 0.6 is 0 Å². The molecule has 2 aliphatic heterocycles. The van der Waals surface area contributed by atoms with Crippen LogP contribution in [0.25, 0.3) is 6.08 Å². The highest BCUT2D eigenvalue weighted by Crippen LogP contribution is 2.12. The summed E-state index contributed by atoms with van der Waals surface area (Å²) in [6.07, 6.45) is 4.25. The van der Waals surface area contributed by atoms with E-state index in [2.05, 4.69) is 41.7 Å². The molecular weight excluding hydrogens is 122 g/mol. The van der Waals surface area contributed by atoms with Crippen LogP contribution in [0.1, 0.15) is 5.56 Å². The molecule has 2 bridgehead atoms. The van der Waals surface area contributed by atoms with Crippen molar-refractivity contribution in [1.29, 1.82) is 0 Å². The first-order valence-electron chi connectivity index (χ1n) is 3.46. The van der Waals surface area contributed by atoms with Crippen LogP contribution in [-0.2, 0) is 0 Å². The minimum atomic E-state index is 0.938. The number of nitrogens with one attached hydrogen (secondary N) is 1. The van der Waals surface area contributed by atoms with Crippen LogP contribution in [0.3, 0.4) is 0 Å². The van der Waals surface area contributed by atoms with Crippen molar-refractivity contribution in [2.45, 2.75) is 0 Å². The number of anilines is 1. The van der Waals surface area contributed by atoms with Gasteiger partial charge in [-0.2, -0.15) is 0 Å². The molecule has 10 heavy (non-hydrogen) atoms. The van der Waals surface area contributed by atoms with Crippen LogP contribution in [0, 0.1) is 0 Å². The average molecular weight is 131 g/mol. The van der Waals surface area contributed by atoms with E-state index in [4.69, 9.17) is 0 Å². The Morgan fingerprint density at radius 1 is 1.10 bits per heavy atom. The van der Waals surface area contributed by atoms with E-state index in [1.807, 2.05) is 0 Å². The second-order valence-electron chi connectivity index (χ2n) is 2.41. The van der Waals surface area contributed by atoms with E-state index in [0.29, 0.717) is 0 Å². The highest BCUT2D eigenvalue weighted by molar-refractivity contribution is 5.57. The van der Waals surface area contributed by atoms with Gasteiger partial charge in [0.05, 0.1) is 0 Å². The predicted molar refractivity (Wildman–Crippen MR) is 44.0 cm³/mol. The molecule has 1 aromatic carbocycles. The summed E-state index contributed by atoms with van der Waals surface area (Å²) in [4.78, 5) is 0. The SMILES string of the molecule is C1=Cc2ccc(cc2)NC1. The third kappa shape index (κ3) is 0.903. The zero-order valence-electron chi connectivity index (χ0n) is 5.67. The van der Waals surface area contributed by atoms with E-state index in [1.54, 1.807) is 0 Å². The van der Waals surface area contributed by atoms with Gasteiger partial charge in [-0.1, -0.05) is 24.3 Å². The summed E-state index contributed by atoms with van der Waals surface area (Å²) in [5.41, 5.74) is 2.48. The molecule has 0 aromatic heterocycles. The van der Waals surface area contributed by atoms with Gasteiger partial charge < -0.3 is 5.32 Å². The van der Waals surface area contributed by atoms with Crippen molar-refractivity contribution in [3.63, 3.8) is 0 Å². The lowest BCUT2D eigenvalue weighted by molar-refractivity contribution is 1.33. The second-order valence-corrected chi connectivity index (χ2v) is 2.41. The molecule has 50 valence electrons. The number of rotatable bonds is 0. The highest BCUT2D eigenvalue weighted by atomic mass is 14.9. The average Bonchev–Trinajstić information content (AvgIpc) is 1.89. The van der Waals surface area contributed by atoms with Gasteiger partial charge in [-0.3, -0.25) is 0 Å². The maximum absolute atomic E-state index is 3.25. The summed E-state index contributed by atoms with van der Waals surface area (Å²) in [5.74, 6) is 0. The lowest BCUT2D eigenvalue weighted by Crippen LogP contribution is -1.99. The maximum atomic E-state index is 3.25. The molecule has 1 heteroatoms. The Hall–Kier alpha value is -1.24. The van der Waals surface area contributed by atoms with Gasteiger partial charge in [0.25, 0.3) is 0 Å². The van der Waals surface area contributed by atoms with Crippen molar-refractivity contribution in [3.05, 3.63) is 35.9 Å².